The van der Waals surface area contributed by atoms with Crippen LogP contribution in [0.25, 0.3) is 0 Å². The van der Waals surface area contributed by atoms with E-state index in [0.29, 0.717) is 38.0 Å². The van der Waals surface area contributed by atoms with Crippen molar-refractivity contribution < 1.29 is 34.4 Å². The van der Waals surface area contributed by atoms with E-state index in [4.69, 9.17) is 15.2 Å². The number of rotatable bonds is 11. The fraction of sp³-hybridized carbons (Fsp3) is 0.533. The predicted octanol–water partition coefficient (Wildman–Crippen LogP) is 2.50. The van der Waals surface area contributed by atoms with Gasteiger partial charge in [0.05, 0.1) is 6.61 Å². The van der Waals surface area contributed by atoms with Crippen LogP contribution in [0, 0.1) is 6.92 Å². The molecule has 4 rings (SSSR count). The number of amides is 2. The van der Waals surface area contributed by atoms with Crippen LogP contribution in [0.5, 0.6) is 5.75 Å². The minimum Gasteiger partial charge on any atom is -0.494 e. The number of nitrogens with one attached hydrogen (secondary N) is 1. The first-order chi connectivity index (χ1) is 19.1. The van der Waals surface area contributed by atoms with E-state index in [0.717, 1.165) is 35.1 Å². The molecule has 1 heterocycles. The van der Waals surface area contributed by atoms with E-state index in [1.807, 2.05) is 49.4 Å². The van der Waals surface area contributed by atoms with E-state index in [1.165, 1.54) is 11.8 Å². The van der Waals surface area contributed by atoms with Crippen molar-refractivity contribution in [3.8, 4) is 5.75 Å². The average molecular weight is 573 g/mol. The van der Waals surface area contributed by atoms with Crippen LogP contribution >= 0.6 is 11.8 Å². The van der Waals surface area contributed by atoms with Crippen molar-refractivity contribution >= 4 is 23.6 Å². The molecule has 5 unspecified atom stereocenters. The van der Waals surface area contributed by atoms with Gasteiger partial charge in [0, 0.05) is 6.42 Å². The first-order valence-electron chi connectivity index (χ1n) is 13.8. The molecule has 1 saturated carbocycles. The summed E-state index contributed by atoms with van der Waals surface area (Å²) < 4.78 is 11.7. The van der Waals surface area contributed by atoms with Crippen LogP contribution in [-0.2, 0) is 20.7 Å². The van der Waals surface area contributed by atoms with Gasteiger partial charge in [-0.15, -0.1) is 11.8 Å². The fourth-order valence-corrected chi connectivity index (χ4v) is 6.13. The number of aliphatic hydroxyl groups is 3. The van der Waals surface area contributed by atoms with Crippen molar-refractivity contribution in [3.63, 3.8) is 0 Å². The highest BCUT2D eigenvalue weighted by molar-refractivity contribution is 7.99. The monoisotopic (exact) mass is 572 g/mol. The van der Waals surface area contributed by atoms with Gasteiger partial charge in [0.25, 0.3) is 0 Å². The highest BCUT2D eigenvalue weighted by Gasteiger charge is 2.44. The molecular weight excluding hydrogens is 532 g/mol. The van der Waals surface area contributed by atoms with Crippen LogP contribution in [0.1, 0.15) is 66.9 Å². The number of carbonyl (C=O) groups is 2. The number of nitrogens with two attached hydrogens (primary N) is 1. The second-order valence-corrected chi connectivity index (χ2v) is 11.7. The third-order valence-electron chi connectivity index (χ3n) is 7.95. The van der Waals surface area contributed by atoms with Gasteiger partial charge in [0.2, 0.25) is 11.8 Å². The molecule has 6 N–H and O–H groups in total. The number of aliphatic hydroxyl groups excluding tert-OH is 3. The second kappa shape index (κ2) is 13.4. The van der Waals surface area contributed by atoms with Crippen LogP contribution in [0.15, 0.2) is 42.5 Å². The number of carbonyl (C=O) groups excluding carboxylic acids is 2. The number of ether oxygens (including phenoxy) is 2. The summed E-state index contributed by atoms with van der Waals surface area (Å²) in [6.45, 7) is 2.39. The molecule has 2 fully saturated rings. The number of thioether (sulfide) groups is 1. The molecule has 2 aliphatic rings. The predicted molar refractivity (Wildman–Crippen MR) is 153 cm³/mol. The Hall–Kier alpha value is -2.63. The molecule has 2 aromatic carbocycles. The smallest absolute Gasteiger partial charge is 0.243 e. The van der Waals surface area contributed by atoms with Gasteiger partial charge >= 0.3 is 0 Å². The highest BCUT2D eigenvalue weighted by atomic mass is 32.2. The number of primary amides is 1. The van der Waals surface area contributed by atoms with E-state index >= 15 is 0 Å². The standard InChI is InChI=1S/C30H40N2O7S/c1-18-7-10-20(27-25(35)24(34)26(36)28(39-27)40-2)17-21(18)16-19-8-11-22(12-9-19)38-15-5-6-23(33)32-30(29(31)37)13-3-4-14-30/h7-12,17,24-28,34-36H,3-6,13-16H2,1-2H3,(H2,31,37)(H,32,33). The number of hydrogen-bond acceptors (Lipinski definition) is 8. The average Bonchev–Trinajstić information content (AvgIpc) is 3.42. The molecule has 9 nitrogen and oxygen atoms in total. The van der Waals surface area contributed by atoms with E-state index in [-0.39, 0.29) is 12.3 Å². The summed E-state index contributed by atoms with van der Waals surface area (Å²) in [6, 6.07) is 13.6. The second-order valence-electron chi connectivity index (χ2n) is 10.8. The zero-order valence-electron chi connectivity index (χ0n) is 23.0. The van der Waals surface area contributed by atoms with Crippen molar-refractivity contribution in [3.05, 3.63) is 64.7 Å². The zero-order valence-corrected chi connectivity index (χ0v) is 23.9. The largest absolute Gasteiger partial charge is 0.494 e. The number of hydrogen-bond donors (Lipinski definition) is 5. The molecule has 0 radical (unpaired) electrons. The minimum absolute atomic E-state index is 0.182. The summed E-state index contributed by atoms with van der Waals surface area (Å²) >= 11 is 1.29. The Labute approximate surface area is 239 Å². The highest BCUT2D eigenvalue weighted by Crippen LogP contribution is 2.36. The van der Waals surface area contributed by atoms with Crippen LogP contribution < -0.4 is 15.8 Å². The molecule has 218 valence electrons. The van der Waals surface area contributed by atoms with Crippen LogP contribution in [0.2, 0.25) is 0 Å². The molecule has 0 spiro atoms. The SMILES string of the molecule is CSC1OC(c2ccc(C)c(Cc3ccc(OCCCC(=O)NC4(C(N)=O)CCCC4)cc3)c2)C(O)C(O)C1O. The third kappa shape index (κ3) is 6.98. The fourth-order valence-electron chi connectivity index (χ4n) is 5.46. The molecule has 0 aromatic heterocycles. The van der Waals surface area contributed by atoms with Gasteiger partial charge in [0.15, 0.2) is 0 Å². The van der Waals surface area contributed by atoms with Crippen LogP contribution in [-0.4, -0.2) is 69.3 Å². The summed E-state index contributed by atoms with van der Waals surface area (Å²) in [5.74, 6) is 0.0610. The van der Waals surface area contributed by atoms with Crippen molar-refractivity contribution in [1.29, 1.82) is 0 Å². The lowest BCUT2D eigenvalue weighted by molar-refractivity contribution is -0.200. The van der Waals surface area contributed by atoms with Gasteiger partial charge in [-0.3, -0.25) is 9.59 Å². The Morgan fingerprint density at radius 1 is 1.07 bits per heavy atom. The van der Waals surface area contributed by atoms with E-state index in [1.54, 1.807) is 6.26 Å². The minimum atomic E-state index is -1.29. The number of aryl methyl sites for hydroxylation is 1. The molecule has 2 aromatic rings. The molecule has 1 aliphatic heterocycles. The van der Waals surface area contributed by atoms with Gasteiger partial charge in [-0.1, -0.05) is 43.2 Å². The van der Waals surface area contributed by atoms with E-state index < -0.39 is 41.3 Å². The Morgan fingerprint density at radius 3 is 2.42 bits per heavy atom. The third-order valence-corrected chi connectivity index (χ3v) is 8.80. The molecule has 10 heteroatoms. The summed E-state index contributed by atoms with van der Waals surface area (Å²) in [6.07, 6.45) is 1.78. The summed E-state index contributed by atoms with van der Waals surface area (Å²) in [7, 11) is 0. The van der Waals surface area contributed by atoms with Crippen molar-refractivity contribution in [2.45, 2.75) is 87.3 Å². The Kier molecular flexibility index (Phi) is 10.1. The maximum absolute atomic E-state index is 12.3. The summed E-state index contributed by atoms with van der Waals surface area (Å²) in [5, 5.41) is 33.9. The van der Waals surface area contributed by atoms with E-state index in [9.17, 15) is 24.9 Å². The quantitative estimate of drug-likeness (QED) is 0.258. The lowest BCUT2D eigenvalue weighted by atomic mass is 9.91. The molecule has 2 amide bonds. The zero-order chi connectivity index (χ0) is 28.9. The lowest BCUT2D eigenvalue weighted by Gasteiger charge is -2.40. The molecule has 0 bridgehead atoms. The molecule has 1 saturated heterocycles. The maximum atomic E-state index is 12.3. The molecule has 5 atom stereocenters. The topological polar surface area (TPSA) is 151 Å². The van der Waals surface area contributed by atoms with E-state index in [2.05, 4.69) is 5.32 Å². The molecule has 1 aliphatic carbocycles. The Bertz CT molecular complexity index is 1170. The summed E-state index contributed by atoms with van der Waals surface area (Å²) in [4.78, 5) is 24.2. The van der Waals surface area contributed by atoms with Crippen molar-refractivity contribution in [2.24, 2.45) is 5.73 Å². The molecule has 40 heavy (non-hydrogen) atoms. The van der Waals surface area contributed by atoms with Gasteiger partial charge in [0.1, 0.15) is 41.1 Å². The first kappa shape index (κ1) is 30.3. The molecular formula is C30H40N2O7S. The Morgan fingerprint density at radius 2 is 1.77 bits per heavy atom. The first-order valence-corrected chi connectivity index (χ1v) is 15.1. The Balaban J connectivity index is 1.29. The van der Waals surface area contributed by atoms with Crippen LogP contribution in [0.4, 0.5) is 0 Å². The normalized spacial score (nSPS) is 25.9. The van der Waals surface area contributed by atoms with Crippen molar-refractivity contribution in [2.75, 3.05) is 12.9 Å². The van der Waals surface area contributed by atoms with Crippen molar-refractivity contribution in [1.82, 2.24) is 5.32 Å². The van der Waals surface area contributed by atoms with Gasteiger partial charge in [-0.25, -0.2) is 0 Å². The number of benzene rings is 2. The van der Waals surface area contributed by atoms with Gasteiger partial charge < -0.3 is 35.8 Å². The maximum Gasteiger partial charge on any atom is 0.243 e. The van der Waals surface area contributed by atoms with Gasteiger partial charge in [-0.2, -0.15) is 0 Å². The van der Waals surface area contributed by atoms with Gasteiger partial charge in [-0.05, 0) is 73.2 Å². The lowest BCUT2D eigenvalue weighted by Crippen LogP contribution is -2.55. The van der Waals surface area contributed by atoms with Crippen LogP contribution in [0.3, 0.4) is 0 Å². The summed E-state index contributed by atoms with van der Waals surface area (Å²) in [5.41, 5.74) is 7.98.